The number of carbonyl (C=O) groups is 1. The van der Waals surface area contributed by atoms with Gasteiger partial charge >= 0.3 is 0 Å². The van der Waals surface area contributed by atoms with Gasteiger partial charge in [-0.2, -0.15) is 0 Å². The molecule has 0 bridgehead atoms. The van der Waals surface area contributed by atoms with E-state index >= 15 is 0 Å². The van der Waals surface area contributed by atoms with E-state index in [9.17, 15) is 13.2 Å². The Labute approximate surface area is 161 Å². The maximum absolute atomic E-state index is 13.0. The van der Waals surface area contributed by atoms with Crippen LogP contribution in [-0.4, -0.2) is 43.3 Å². The zero-order valence-electron chi connectivity index (χ0n) is 16.6. The summed E-state index contributed by atoms with van der Waals surface area (Å²) in [6.45, 7) is 8.98. The molecule has 0 radical (unpaired) electrons. The topological polar surface area (TPSA) is 67.6 Å². The molecule has 1 aromatic heterocycles. The van der Waals surface area contributed by atoms with Crippen molar-refractivity contribution in [1.82, 2.24) is 4.90 Å². The molecule has 1 amide bonds. The van der Waals surface area contributed by atoms with Crippen LogP contribution in [0.25, 0.3) is 11.0 Å². The first-order valence-electron chi connectivity index (χ1n) is 9.72. The van der Waals surface area contributed by atoms with Gasteiger partial charge in [-0.25, -0.2) is 8.42 Å². The smallest absolute Gasteiger partial charge is 0.227 e. The second-order valence-electron chi connectivity index (χ2n) is 7.94. The predicted octanol–water partition coefficient (Wildman–Crippen LogP) is 3.83. The van der Waals surface area contributed by atoms with Crippen molar-refractivity contribution in [1.29, 1.82) is 0 Å². The van der Waals surface area contributed by atoms with Gasteiger partial charge in [-0.1, -0.05) is 20.8 Å². The Kier molecular flexibility index (Phi) is 5.65. The average Bonchev–Trinajstić information content (AvgIpc) is 3.14. The zero-order chi connectivity index (χ0) is 19.8. The van der Waals surface area contributed by atoms with Crippen molar-refractivity contribution in [3.05, 3.63) is 35.1 Å². The predicted molar refractivity (Wildman–Crippen MR) is 108 cm³/mol. The molecule has 27 heavy (non-hydrogen) atoms. The first kappa shape index (κ1) is 19.9. The van der Waals surface area contributed by atoms with Crippen LogP contribution in [0.15, 0.2) is 22.8 Å². The molecule has 3 rings (SSSR count). The Balaban J connectivity index is 1.86. The number of amides is 1. The van der Waals surface area contributed by atoms with Crippen LogP contribution in [0.5, 0.6) is 0 Å². The summed E-state index contributed by atoms with van der Waals surface area (Å²) in [5.74, 6) is 0.639. The molecule has 1 aliphatic heterocycles. The highest BCUT2D eigenvalue weighted by atomic mass is 32.2. The molecule has 1 unspecified atom stereocenters. The van der Waals surface area contributed by atoms with Crippen molar-refractivity contribution in [2.75, 3.05) is 18.1 Å². The third-order valence-electron chi connectivity index (χ3n) is 5.44. The Morgan fingerprint density at radius 1 is 1.33 bits per heavy atom. The molecule has 0 aliphatic carbocycles. The van der Waals surface area contributed by atoms with E-state index in [0.29, 0.717) is 18.9 Å². The lowest BCUT2D eigenvalue weighted by Crippen LogP contribution is -2.42. The van der Waals surface area contributed by atoms with Crippen molar-refractivity contribution in [2.45, 2.75) is 58.9 Å². The molecule has 1 fully saturated rings. The highest BCUT2D eigenvalue weighted by Crippen LogP contribution is 2.30. The largest absolute Gasteiger partial charge is 0.464 e. The number of rotatable bonds is 6. The number of hydrogen-bond donors (Lipinski definition) is 0. The first-order valence-corrected chi connectivity index (χ1v) is 11.5. The van der Waals surface area contributed by atoms with Crippen molar-refractivity contribution in [2.24, 2.45) is 0 Å². The van der Waals surface area contributed by atoms with Gasteiger partial charge in [0.25, 0.3) is 0 Å². The Morgan fingerprint density at radius 3 is 2.67 bits per heavy atom. The van der Waals surface area contributed by atoms with Crippen LogP contribution < -0.4 is 0 Å². The summed E-state index contributed by atoms with van der Waals surface area (Å²) in [4.78, 5) is 14.8. The van der Waals surface area contributed by atoms with E-state index < -0.39 is 9.84 Å². The number of furan rings is 1. The van der Waals surface area contributed by atoms with Gasteiger partial charge in [-0.15, -0.1) is 0 Å². The van der Waals surface area contributed by atoms with Crippen molar-refractivity contribution < 1.29 is 17.6 Å². The first-order chi connectivity index (χ1) is 12.7. The molecule has 6 heteroatoms. The molecule has 148 valence electrons. The molecule has 0 spiro atoms. The van der Waals surface area contributed by atoms with E-state index in [1.165, 1.54) is 11.1 Å². The molecule has 0 N–H and O–H groups in total. The van der Waals surface area contributed by atoms with Gasteiger partial charge < -0.3 is 9.32 Å². The van der Waals surface area contributed by atoms with E-state index in [-0.39, 0.29) is 29.9 Å². The van der Waals surface area contributed by atoms with Crippen LogP contribution in [0, 0.1) is 6.92 Å². The zero-order valence-corrected chi connectivity index (χ0v) is 17.4. The quantitative estimate of drug-likeness (QED) is 0.750. The minimum atomic E-state index is -3.02. The lowest BCUT2D eigenvalue weighted by molar-refractivity contribution is -0.132. The van der Waals surface area contributed by atoms with Gasteiger partial charge in [0, 0.05) is 23.5 Å². The number of aryl methyl sites for hydroxylation is 1. The highest BCUT2D eigenvalue weighted by molar-refractivity contribution is 7.91. The molecule has 1 aromatic carbocycles. The summed E-state index contributed by atoms with van der Waals surface area (Å²) in [7, 11) is -3.02. The lowest BCUT2D eigenvalue weighted by Gasteiger charge is -2.28. The van der Waals surface area contributed by atoms with E-state index in [2.05, 4.69) is 26.8 Å². The summed E-state index contributed by atoms with van der Waals surface area (Å²) in [6, 6.07) is 3.96. The Bertz CT molecular complexity index is 942. The molecule has 1 aliphatic rings. The van der Waals surface area contributed by atoms with Gasteiger partial charge in [0.1, 0.15) is 5.58 Å². The Morgan fingerprint density at radius 2 is 2.07 bits per heavy atom. The molecular formula is C21H29NO4S. The van der Waals surface area contributed by atoms with Crippen LogP contribution in [-0.2, 0) is 21.1 Å². The average molecular weight is 392 g/mol. The summed E-state index contributed by atoms with van der Waals surface area (Å²) in [6.07, 6.45) is 3.26. The molecule has 2 aromatic rings. The third-order valence-corrected chi connectivity index (χ3v) is 7.19. The van der Waals surface area contributed by atoms with Crippen LogP contribution in [0.4, 0.5) is 0 Å². The van der Waals surface area contributed by atoms with Gasteiger partial charge in [0.05, 0.1) is 24.2 Å². The maximum Gasteiger partial charge on any atom is 0.227 e. The fourth-order valence-electron chi connectivity index (χ4n) is 4.04. The molecule has 2 heterocycles. The molecule has 5 nitrogen and oxygen atoms in total. The van der Waals surface area contributed by atoms with E-state index in [1.807, 2.05) is 13.0 Å². The molecular weight excluding hydrogens is 362 g/mol. The summed E-state index contributed by atoms with van der Waals surface area (Å²) < 4.78 is 29.4. The minimum absolute atomic E-state index is 0.0201. The van der Waals surface area contributed by atoms with E-state index in [4.69, 9.17) is 4.42 Å². The van der Waals surface area contributed by atoms with E-state index in [0.717, 1.165) is 23.0 Å². The highest BCUT2D eigenvalue weighted by Gasteiger charge is 2.34. The fourth-order valence-corrected chi connectivity index (χ4v) is 5.77. The summed E-state index contributed by atoms with van der Waals surface area (Å²) in [5.41, 5.74) is 4.11. The van der Waals surface area contributed by atoms with Crippen molar-refractivity contribution >= 4 is 26.7 Å². The SMILES string of the molecule is CCCN(C(=O)Cc1coc2cc(C)c(C(C)C)cc12)C1CCS(=O)(=O)C1. The van der Waals surface area contributed by atoms with Crippen molar-refractivity contribution in [3.8, 4) is 0 Å². The maximum atomic E-state index is 13.0. The second-order valence-corrected chi connectivity index (χ2v) is 10.2. The Hall–Kier alpha value is -1.82. The summed E-state index contributed by atoms with van der Waals surface area (Å²) >= 11 is 0. The summed E-state index contributed by atoms with van der Waals surface area (Å²) in [5, 5.41) is 0.980. The van der Waals surface area contributed by atoms with Crippen molar-refractivity contribution in [3.63, 3.8) is 0 Å². The normalized spacial score (nSPS) is 19.1. The van der Waals surface area contributed by atoms with Gasteiger partial charge in [-0.05, 0) is 48.9 Å². The lowest BCUT2D eigenvalue weighted by atomic mass is 9.95. The van der Waals surface area contributed by atoms with Crippen LogP contribution in [0.2, 0.25) is 0 Å². The number of fused-ring (bicyclic) bond motifs is 1. The number of sulfone groups is 1. The standard InChI is InChI=1S/C21H29NO4S/c1-5-7-22(17-6-8-27(24,25)13-17)21(23)10-16-12-26-20-9-15(4)18(14(2)3)11-19(16)20/h9,11-12,14,17H,5-8,10,13H2,1-4H3. The fraction of sp³-hybridized carbons (Fsp3) is 0.571. The van der Waals surface area contributed by atoms with E-state index in [1.54, 1.807) is 11.2 Å². The van der Waals surface area contributed by atoms with Crippen LogP contribution >= 0.6 is 0 Å². The number of carbonyl (C=O) groups excluding carboxylic acids is 1. The third kappa shape index (κ3) is 4.21. The number of nitrogens with zero attached hydrogens (tertiary/aromatic N) is 1. The molecule has 1 atom stereocenters. The second kappa shape index (κ2) is 7.66. The van der Waals surface area contributed by atoms with Crippen LogP contribution in [0.1, 0.15) is 56.2 Å². The van der Waals surface area contributed by atoms with Crippen LogP contribution in [0.3, 0.4) is 0 Å². The van der Waals surface area contributed by atoms with Gasteiger partial charge in [0.2, 0.25) is 5.91 Å². The van der Waals surface area contributed by atoms with Gasteiger partial charge in [-0.3, -0.25) is 4.79 Å². The molecule has 0 saturated carbocycles. The number of benzene rings is 1. The van der Waals surface area contributed by atoms with Gasteiger partial charge in [0.15, 0.2) is 9.84 Å². The molecule has 1 saturated heterocycles. The minimum Gasteiger partial charge on any atom is -0.464 e. The number of hydrogen-bond acceptors (Lipinski definition) is 4. The monoisotopic (exact) mass is 391 g/mol.